The van der Waals surface area contributed by atoms with Crippen LogP contribution in [-0.4, -0.2) is 30.1 Å². The highest BCUT2D eigenvalue weighted by molar-refractivity contribution is 5.92. The first-order valence-corrected chi connectivity index (χ1v) is 8.89. The molecule has 2 aliphatic rings. The van der Waals surface area contributed by atoms with E-state index < -0.39 is 0 Å². The van der Waals surface area contributed by atoms with E-state index in [1.807, 2.05) is 53.3 Å². The van der Waals surface area contributed by atoms with Crippen LogP contribution in [0.4, 0.5) is 17.2 Å². The van der Waals surface area contributed by atoms with Gasteiger partial charge in [-0.15, -0.1) is 0 Å². The zero-order valence-electron chi connectivity index (χ0n) is 15.3. The molecule has 136 valence electrons. The van der Waals surface area contributed by atoms with Gasteiger partial charge in [0, 0.05) is 20.1 Å². The Bertz CT molecular complexity index is 1110. The van der Waals surface area contributed by atoms with E-state index in [1.165, 1.54) is 0 Å². The standard InChI is InChI=1S/C20H16N8/c1-27-17-7-3-2-6-14(17)25-19(27)13(10-21)18-20(28-8-4-5-9-28)26-16(12-23)15(11-22)24-18/h2-3,6-7,25H,4-5,8-9H2,1H3. The second-order valence-electron chi connectivity index (χ2n) is 6.55. The van der Waals surface area contributed by atoms with Gasteiger partial charge in [0.1, 0.15) is 35.3 Å². The molecule has 3 heterocycles. The number of para-hydroxylation sites is 2. The fourth-order valence-electron chi connectivity index (χ4n) is 3.55. The van der Waals surface area contributed by atoms with Gasteiger partial charge in [-0.25, -0.2) is 9.97 Å². The van der Waals surface area contributed by atoms with E-state index in [9.17, 15) is 15.8 Å². The van der Waals surface area contributed by atoms with Gasteiger partial charge in [-0.2, -0.15) is 15.8 Å². The Morgan fingerprint density at radius 3 is 2.36 bits per heavy atom. The smallest absolute Gasteiger partial charge is 0.179 e. The van der Waals surface area contributed by atoms with Crippen LogP contribution in [0.3, 0.4) is 0 Å². The predicted molar refractivity (Wildman–Crippen MR) is 104 cm³/mol. The molecule has 0 unspecified atom stereocenters. The summed E-state index contributed by atoms with van der Waals surface area (Å²) in [4.78, 5) is 12.7. The number of rotatable bonds is 2. The average Bonchev–Trinajstić information content (AvgIpc) is 3.37. The molecule has 0 atom stereocenters. The molecule has 1 saturated heterocycles. The topological polar surface area (TPSA) is 116 Å². The third-order valence-electron chi connectivity index (χ3n) is 4.93. The van der Waals surface area contributed by atoms with Crippen molar-refractivity contribution in [2.75, 3.05) is 35.3 Å². The SMILES string of the molecule is CN1C(=C(C#N)c2nc(C#N)c(C#N)nc2N2CCCC2)Nc2ccccc21. The molecule has 0 spiro atoms. The number of fused-ring (bicyclic) bond motifs is 1. The van der Waals surface area contributed by atoms with E-state index in [-0.39, 0.29) is 17.0 Å². The summed E-state index contributed by atoms with van der Waals surface area (Å²) in [5.41, 5.74) is 2.34. The lowest BCUT2D eigenvalue weighted by molar-refractivity contribution is 0.912. The Morgan fingerprint density at radius 1 is 1.04 bits per heavy atom. The van der Waals surface area contributed by atoms with E-state index in [4.69, 9.17) is 0 Å². The molecular formula is C20H16N8. The van der Waals surface area contributed by atoms with E-state index in [1.54, 1.807) is 0 Å². The lowest BCUT2D eigenvalue weighted by Crippen LogP contribution is -2.24. The zero-order valence-corrected chi connectivity index (χ0v) is 15.3. The number of aromatic nitrogens is 2. The van der Waals surface area contributed by atoms with Crippen LogP contribution in [0.2, 0.25) is 0 Å². The van der Waals surface area contributed by atoms with Gasteiger partial charge in [0.05, 0.1) is 11.4 Å². The summed E-state index contributed by atoms with van der Waals surface area (Å²) in [5, 5.41) is 32.0. The van der Waals surface area contributed by atoms with E-state index in [0.717, 1.165) is 37.3 Å². The van der Waals surface area contributed by atoms with Crippen LogP contribution in [0.1, 0.15) is 29.9 Å². The minimum absolute atomic E-state index is 0.0218. The molecule has 1 N–H and O–H groups in total. The minimum Gasteiger partial charge on any atom is -0.355 e. The maximum atomic E-state index is 9.99. The van der Waals surface area contributed by atoms with Crippen molar-refractivity contribution in [3.05, 3.63) is 47.2 Å². The van der Waals surface area contributed by atoms with E-state index in [0.29, 0.717) is 17.3 Å². The van der Waals surface area contributed by atoms with Gasteiger partial charge >= 0.3 is 0 Å². The molecule has 2 aromatic rings. The molecule has 0 aliphatic carbocycles. The Hall–Kier alpha value is -4.09. The van der Waals surface area contributed by atoms with Crippen LogP contribution < -0.4 is 15.1 Å². The normalized spacial score (nSPS) is 16.6. The van der Waals surface area contributed by atoms with Gasteiger partial charge in [-0.1, -0.05) is 12.1 Å². The van der Waals surface area contributed by atoms with Crippen LogP contribution in [0.5, 0.6) is 0 Å². The molecule has 0 radical (unpaired) electrons. The Kier molecular flexibility index (Phi) is 4.27. The quantitative estimate of drug-likeness (QED) is 0.804. The number of hydrogen-bond acceptors (Lipinski definition) is 8. The molecule has 1 fully saturated rings. The number of nitriles is 3. The van der Waals surface area contributed by atoms with Gasteiger partial charge in [0.25, 0.3) is 0 Å². The number of benzene rings is 1. The molecule has 4 rings (SSSR count). The van der Waals surface area contributed by atoms with Crippen LogP contribution in [-0.2, 0) is 0 Å². The summed E-state index contributed by atoms with van der Waals surface area (Å²) in [5.74, 6) is 1.05. The molecule has 0 bridgehead atoms. The van der Waals surface area contributed by atoms with Crippen molar-refractivity contribution < 1.29 is 0 Å². The fourth-order valence-corrected chi connectivity index (χ4v) is 3.55. The van der Waals surface area contributed by atoms with Crippen molar-refractivity contribution >= 4 is 22.8 Å². The first kappa shape index (κ1) is 17.3. The molecule has 0 amide bonds. The van der Waals surface area contributed by atoms with Crippen molar-refractivity contribution in [1.29, 1.82) is 15.8 Å². The van der Waals surface area contributed by atoms with Crippen molar-refractivity contribution in [3.8, 4) is 18.2 Å². The Balaban J connectivity index is 1.93. The number of nitrogens with one attached hydrogen (secondary N) is 1. The molecule has 28 heavy (non-hydrogen) atoms. The Morgan fingerprint density at radius 2 is 1.71 bits per heavy atom. The monoisotopic (exact) mass is 368 g/mol. The van der Waals surface area contributed by atoms with Crippen LogP contribution in [0.25, 0.3) is 5.57 Å². The number of anilines is 3. The van der Waals surface area contributed by atoms with Crippen molar-refractivity contribution in [1.82, 2.24) is 9.97 Å². The molecular weight excluding hydrogens is 352 g/mol. The van der Waals surface area contributed by atoms with Crippen LogP contribution >= 0.6 is 0 Å². The summed E-state index contributed by atoms with van der Waals surface area (Å²) in [7, 11) is 1.86. The summed E-state index contributed by atoms with van der Waals surface area (Å²) in [6.07, 6.45) is 2.01. The summed E-state index contributed by atoms with van der Waals surface area (Å²) in [6.45, 7) is 1.55. The first-order chi connectivity index (χ1) is 13.7. The van der Waals surface area contributed by atoms with Gasteiger partial charge in [-0.3, -0.25) is 0 Å². The lowest BCUT2D eigenvalue weighted by Gasteiger charge is -2.21. The second-order valence-corrected chi connectivity index (χ2v) is 6.55. The summed E-state index contributed by atoms with van der Waals surface area (Å²) >= 11 is 0. The van der Waals surface area contributed by atoms with Crippen molar-refractivity contribution in [2.24, 2.45) is 0 Å². The zero-order chi connectivity index (χ0) is 19.7. The molecule has 8 nitrogen and oxygen atoms in total. The maximum absolute atomic E-state index is 9.99. The van der Waals surface area contributed by atoms with Gasteiger partial charge in [0.15, 0.2) is 17.2 Å². The second kappa shape index (κ2) is 6.90. The molecule has 8 heteroatoms. The maximum Gasteiger partial charge on any atom is 0.179 e. The highest BCUT2D eigenvalue weighted by atomic mass is 15.3. The van der Waals surface area contributed by atoms with Crippen LogP contribution in [0.15, 0.2) is 30.1 Å². The summed E-state index contributed by atoms with van der Waals surface area (Å²) in [6, 6.07) is 13.8. The number of allylic oxidation sites excluding steroid dienone is 1. The molecule has 1 aromatic heterocycles. The fraction of sp³-hybridized carbons (Fsp3) is 0.250. The lowest BCUT2D eigenvalue weighted by atomic mass is 10.1. The van der Waals surface area contributed by atoms with Gasteiger partial charge < -0.3 is 15.1 Å². The van der Waals surface area contributed by atoms with Crippen LogP contribution in [0, 0.1) is 34.0 Å². The first-order valence-electron chi connectivity index (χ1n) is 8.89. The third-order valence-corrected chi connectivity index (χ3v) is 4.93. The number of nitrogens with zero attached hydrogens (tertiary/aromatic N) is 7. The van der Waals surface area contributed by atoms with Crippen molar-refractivity contribution in [2.45, 2.75) is 12.8 Å². The number of hydrogen-bond donors (Lipinski definition) is 1. The molecule has 1 aromatic carbocycles. The largest absolute Gasteiger partial charge is 0.355 e. The average molecular weight is 368 g/mol. The van der Waals surface area contributed by atoms with E-state index in [2.05, 4.69) is 21.4 Å². The molecule has 0 saturated carbocycles. The summed E-state index contributed by atoms with van der Waals surface area (Å²) < 4.78 is 0. The van der Waals surface area contributed by atoms with E-state index >= 15 is 0 Å². The van der Waals surface area contributed by atoms with Gasteiger partial charge in [0.2, 0.25) is 0 Å². The Labute approximate surface area is 162 Å². The minimum atomic E-state index is -0.0769. The van der Waals surface area contributed by atoms with Gasteiger partial charge in [-0.05, 0) is 25.0 Å². The highest BCUT2D eigenvalue weighted by Gasteiger charge is 2.29. The molecule has 2 aliphatic heterocycles. The highest BCUT2D eigenvalue weighted by Crippen LogP contribution is 2.39. The predicted octanol–water partition coefficient (Wildman–Crippen LogP) is 2.57. The van der Waals surface area contributed by atoms with Crippen molar-refractivity contribution in [3.63, 3.8) is 0 Å². The third kappa shape index (κ3) is 2.67.